The Balaban J connectivity index is 1.67. The maximum Gasteiger partial charge on any atom is 0.273 e. The van der Waals surface area contributed by atoms with Crippen LogP contribution in [0.2, 0.25) is 0 Å². The number of nitrogens with zero attached hydrogens (tertiary/aromatic N) is 2. The zero-order chi connectivity index (χ0) is 18.7. The van der Waals surface area contributed by atoms with Crippen LogP contribution >= 0.6 is 0 Å². The third-order valence-corrected chi connectivity index (χ3v) is 4.25. The number of furan rings is 1. The molecule has 2 heterocycles. The Labute approximate surface area is 152 Å². The molecule has 1 N–H and O–H groups in total. The Bertz CT molecular complexity index is 878. The van der Waals surface area contributed by atoms with E-state index in [-0.39, 0.29) is 17.6 Å². The summed E-state index contributed by atoms with van der Waals surface area (Å²) >= 11 is 0. The molecule has 0 fully saturated rings. The number of carbonyl (C=O) groups is 1. The summed E-state index contributed by atoms with van der Waals surface area (Å²) in [6, 6.07) is 13.3. The van der Waals surface area contributed by atoms with E-state index in [0.717, 1.165) is 22.6 Å². The van der Waals surface area contributed by atoms with Crippen molar-refractivity contribution in [1.29, 1.82) is 0 Å². The predicted molar refractivity (Wildman–Crippen MR) is 98.9 cm³/mol. The van der Waals surface area contributed by atoms with Gasteiger partial charge in [-0.15, -0.1) is 0 Å². The van der Waals surface area contributed by atoms with E-state index in [2.05, 4.69) is 10.5 Å². The van der Waals surface area contributed by atoms with Gasteiger partial charge in [-0.3, -0.25) is 9.69 Å². The van der Waals surface area contributed by atoms with Crippen molar-refractivity contribution in [2.75, 3.05) is 20.6 Å². The van der Waals surface area contributed by atoms with Crippen molar-refractivity contribution < 1.29 is 13.7 Å². The van der Waals surface area contributed by atoms with Gasteiger partial charge in [-0.05, 0) is 40.1 Å². The number of aromatic nitrogens is 1. The van der Waals surface area contributed by atoms with E-state index in [4.69, 9.17) is 8.94 Å². The fourth-order valence-corrected chi connectivity index (χ4v) is 2.69. The summed E-state index contributed by atoms with van der Waals surface area (Å²) in [7, 11) is 3.89. The lowest BCUT2D eigenvalue weighted by molar-refractivity contribution is 0.0930. The Morgan fingerprint density at radius 3 is 2.50 bits per heavy atom. The highest BCUT2D eigenvalue weighted by molar-refractivity contribution is 5.93. The first kappa shape index (κ1) is 17.9. The Kier molecular flexibility index (Phi) is 5.23. The quantitative estimate of drug-likeness (QED) is 0.733. The third-order valence-electron chi connectivity index (χ3n) is 4.25. The minimum absolute atomic E-state index is 0.0591. The molecule has 136 valence electrons. The molecule has 6 heteroatoms. The lowest BCUT2D eigenvalue weighted by Crippen LogP contribution is -2.34. The smallest absolute Gasteiger partial charge is 0.273 e. The van der Waals surface area contributed by atoms with Crippen molar-refractivity contribution in [1.82, 2.24) is 15.4 Å². The van der Waals surface area contributed by atoms with Gasteiger partial charge in [0.2, 0.25) is 0 Å². The van der Waals surface area contributed by atoms with E-state index in [1.54, 1.807) is 6.07 Å². The van der Waals surface area contributed by atoms with Gasteiger partial charge in [-0.2, -0.15) is 0 Å². The third kappa shape index (κ3) is 4.03. The zero-order valence-corrected chi connectivity index (χ0v) is 15.4. The first-order chi connectivity index (χ1) is 12.4. The van der Waals surface area contributed by atoms with Crippen LogP contribution < -0.4 is 5.32 Å². The van der Waals surface area contributed by atoms with Gasteiger partial charge in [0.15, 0.2) is 11.5 Å². The lowest BCUT2D eigenvalue weighted by Gasteiger charge is -2.22. The number of likely N-dealkylation sites (N-methyl/N-ethyl adjacent to an activating group) is 1. The van der Waals surface area contributed by atoms with Crippen LogP contribution in [0.25, 0.3) is 11.3 Å². The second-order valence-electron chi connectivity index (χ2n) is 6.58. The molecule has 0 aliphatic rings. The molecule has 0 unspecified atom stereocenters. The Morgan fingerprint density at radius 2 is 1.88 bits per heavy atom. The van der Waals surface area contributed by atoms with Gasteiger partial charge >= 0.3 is 0 Å². The molecule has 0 aliphatic heterocycles. The summed E-state index contributed by atoms with van der Waals surface area (Å²) in [5, 5.41) is 6.79. The maximum absolute atomic E-state index is 12.4. The Hall–Kier alpha value is -2.86. The molecule has 0 saturated heterocycles. The summed E-state index contributed by atoms with van der Waals surface area (Å²) in [5.41, 5.74) is 2.31. The summed E-state index contributed by atoms with van der Waals surface area (Å²) in [4.78, 5) is 14.4. The molecule has 2 aromatic heterocycles. The number of nitrogens with one attached hydrogen (secondary N) is 1. The van der Waals surface area contributed by atoms with Crippen molar-refractivity contribution in [3.05, 3.63) is 65.2 Å². The number of hydrogen-bond donors (Lipinski definition) is 1. The first-order valence-corrected chi connectivity index (χ1v) is 8.49. The largest absolute Gasteiger partial charge is 0.465 e. The SMILES string of the molecule is Cc1ccc(-c2cc(C(=O)NC[C@@H](c3ccc(C)o3)N(C)C)no2)cc1. The van der Waals surface area contributed by atoms with Gasteiger partial charge in [-0.1, -0.05) is 35.0 Å². The minimum Gasteiger partial charge on any atom is -0.465 e. The molecule has 0 saturated carbocycles. The van der Waals surface area contributed by atoms with Crippen LogP contribution in [-0.4, -0.2) is 36.6 Å². The van der Waals surface area contributed by atoms with Crippen molar-refractivity contribution in [3.63, 3.8) is 0 Å². The molecule has 1 amide bonds. The molecule has 6 nitrogen and oxygen atoms in total. The van der Waals surface area contributed by atoms with Crippen LogP contribution in [0.4, 0.5) is 0 Å². The molecule has 0 bridgehead atoms. The highest BCUT2D eigenvalue weighted by Crippen LogP contribution is 2.22. The molecule has 3 aromatic rings. The molecule has 0 radical (unpaired) electrons. The maximum atomic E-state index is 12.4. The van der Waals surface area contributed by atoms with Crippen LogP contribution in [-0.2, 0) is 0 Å². The standard InChI is InChI=1S/C20H23N3O3/c1-13-5-8-15(9-6-13)19-11-16(22-26-19)20(24)21-12-17(23(3)4)18-10-7-14(2)25-18/h5-11,17H,12H2,1-4H3,(H,21,24)/t17-/m0/s1. The minimum atomic E-state index is -0.276. The second-order valence-corrected chi connectivity index (χ2v) is 6.58. The average Bonchev–Trinajstić information content (AvgIpc) is 3.25. The van der Waals surface area contributed by atoms with Crippen molar-refractivity contribution in [2.45, 2.75) is 19.9 Å². The van der Waals surface area contributed by atoms with Gasteiger partial charge in [0, 0.05) is 18.2 Å². The van der Waals surface area contributed by atoms with E-state index in [0.29, 0.717) is 12.3 Å². The van der Waals surface area contributed by atoms with Gasteiger partial charge in [-0.25, -0.2) is 0 Å². The van der Waals surface area contributed by atoms with E-state index >= 15 is 0 Å². The Morgan fingerprint density at radius 1 is 1.15 bits per heavy atom. The number of hydrogen-bond acceptors (Lipinski definition) is 5. The number of aryl methyl sites for hydroxylation is 2. The lowest BCUT2D eigenvalue weighted by atomic mass is 10.1. The first-order valence-electron chi connectivity index (χ1n) is 8.49. The van der Waals surface area contributed by atoms with E-state index in [1.165, 1.54) is 0 Å². The van der Waals surface area contributed by atoms with Crippen molar-refractivity contribution >= 4 is 5.91 Å². The number of rotatable bonds is 6. The number of amides is 1. The van der Waals surface area contributed by atoms with Crippen molar-refractivity contribution in [3.8, 4) is 11.3 Å². The van der Waals surface area contributed by atoms with Crippen LogP contribution in [0.5, 0.6) is 0 Å². The summed E-state index contributed by atoms with van der Waals surface area (Å²) in [6.45, 7) is 4.33. The van der Waals surface area contributed by atoms with Gasteiger partial charge < -0.3 is 14.3 Å². The monoisotopic (exact) mass is 353 g/mol. The molecule has 0 spiro atoms. The van der Waals surface area contributed by atoms with Crippen LogP contribution in [0, 0.1) is 13.8 Å². The topological polar surface area (TPSA) is 71.5 Å². The van der Waals surface area contributed by atoms with E-state index < -0.39 is 0 Å². The van der Waals surface area contributed by atoms with E-state index in [9.17, 15) is 4.79 Å². The predicted octanol–water partition coefficient (Wildman–Crippen LogP) is 3.58. The van der Waals surface area contributed by atoms with Gasteiger partial charge in [0.25, 0.3) is 5.91 Å². The fraction of sp³-hybridized carbons (Fsp3) is 0.300. The van der Waals surface area contributed by atoms with Crippen LogP contribution in [0.1, 0.15) is 33.6 Å². The molecular weight excluding hydrogens is 330 g/mol. The normalized spacial score (nSPS) is 12.3. The van der Waals surface area contributed by atoms with Crippen molar-refractivity contribution in [2.24, 2.45) is 0 Å². The molecule has 3 rings (SSSR count). The van der Waals surface area contributed by atoms with Gasteiger partial charge in [0.1, 0.15) is 11.5 Å². The molecular formula is C20H23N3O3. The fourth-order valence-electron chi connectivity index (χ4n) is 2.69. The van der Waals surface area contributed by atoms with Crippen LogP contribution in [0.15, 0.2) is 51.4 Å². The highest BCUT2D eigenvalue weighted by Gasteiger charge is 2.20. The molecule has 1 aromatic carbocycles. The van der Waals surface area contributed by atoms with Crippen LogP contribution in [0.3, 0.4) is 0 Å². The number of carbonyl (C=O) groups excluding carboxylic acids is 1. The van der Waals surface area contributed by atoms with E-state index in [1.807, 2.05) is 69.2 Å². The van der Waals surface area contributed by atoms with Gasteiger partial charge in [0.05, 0.1) is 6.04 Å². The molecule has 0 aliphatic carbocycles. The summed E-state index contributed by atoms with van der Waals surface area (Å²) in [6.07, 6.45) is 0. The molecule has 26 heavy (non-hydrogen) atoms. The molecule has 1 atom stereocenters. The summed E-state index contributed by atoms with van der Waals surface area (Å²) in [5.74, 6) is 1.95. The zero-order valence-electron chi connectivity index (χ0n) is 15.4. The highest BCUT2D eigenvalue weighted by atomic mass is 16.5. The number of benzene rings is 1. The average molecular weight is 353 g/mol. The second kappa shape index (κ2) is 7.58. The summed E-state index contributed by atoms with van der Waals surface area (Å²) < 4.78 is 11.0.